The van der Waals surface area contributed by atoms with Gasteiger partial charge in [-0.2, -0.15) is 4.31 Å². The number of ether oxygens (including phenoxy) is 1. The Labute approximate surface area is 171 Å². The lowest BCUT2D eigenvalue weighted by molar-refractivity contribution is -0.121. The number of hydrogen-bond donors (Lipinski definition) is 1. The van der Waals surface area contributed by atoms with Crippen LogP contribution in [0, 0.1) is 0 Å². The van der Waals surface area contributed by atoms with Gasteiger partial charge in [0.05, 0.1) is 24.6 Å². The number of rotatable bonds is 7. The van der Waals surface area contributed by atoms with E-state index >= 15 is 0 Å². The molecule has 0 aliphatic rings. The van der Waals surface area contributed by atoms with Crippen molar-refractivity contribution in [1.82, 2.24) is 9.62 Å². The van der Waals surface area contributed by atoms with Crippen molar-refractivity contribution in [2.45, 2.75) is 17.9 Å². The zero-order valence-electron chi connectivity index (χ0n) is 16.6. The molecule has 0 heterocycles. The van der Waals surface area contributed by atoms with Crippen LogP contribution in [0.15, 0.2) is 71.6 Å². The molecule has 0 spiro atoms. The second-order valence-electron chi connectivity index (χ2n) is 6.80. The highest BCUT2D eigenvalue weighted by molar-refractivity contribution is 7.89. The maximum absolute atomic E-state index is 12.9. The first-order valence-electron chi connectivity index (χ1n) is 9.20. The average Bonchev–Trinajstić information content (AvgIpc) is 2.73. The predicted molar refractivity (Wildman–Crippen MR) is 113 cm³/mol. The van der Waals surface area contributed by atoms with Gasteiger partial charge in [-0.1, -0.05) is 48.5 Å². The van der Waals surface area contributed by atoms with Crippen molar-refractivity contribution in [3.63, 3.8) is 0 Å². The van der Waals surface area contributed by atoms with Gasteiger partial charge in [0.15, 0.2) is 0 Å². The van der Waals surface area contributed by atoms with Crippen molar-refractivity contribution in [1.29, 1.82) is 0 Å². The van der Waals surface area contributed by atoms with E-state index in [0.717, 1.165) is 20.6 Å². The number of fused-ring (bicyclic) bond motifs is 1. The molecule has 0 fully saturated rings. The SMILES string of the molecule is COc1ccccc1C(C)NC(=O)CN(C)S(=O)(=O)c1ccc2ccccc2c1. The Hall–Kier alpha value is -2.90. The van der Waals surface area contributed by atoms with Crippen molar-refractivity contribution in [3.8, 4) is 5.75 Å². The third-order valence-electron chi connectivity index (χ3n) is 4.78. The van der Waals surface area contributed by atoms with Crippen LogP contribution in [0.3, 0.4) is 0 Å². The Balaban J connectivity index is 1.72. The maximum atomic E-state index is 12.9. The molecule has 29 heavy (non-hydrogen) atoms. The molecule has 6 nitrogen and oxygen atoms in total. The van der Waals surface area contributed by atoms with Crippen LogP contribution in [0.5, 0.6) is 5.75 Å². The second kappa shape index (κ2) is 8.63. The molecule has 0 aliphatic heterocycles. The number of benzene rings is 3. The fourth-order valence-electron chi connectivity index (χ4n) is 3.18. The summed E-state index contributed by atoms with van der Waals surface area (Å²) in [7, 11) is -0.824. The normalized spacial score (nSPS) is 12.7. The third kappa shape index (κ3) is 4.58. The molecule has 1 N–H and O–H groups in total. The van der Waals surface area contributed by atoms with Crippen molar-refractivity contribution in [2.24, 2.45) is 0 Å². The third-order valence-corrected chi connectivity index (χ3v) is 6.58. The summed E-state index contributed by atoms with van der Waals surface area (Å²) in [6.45, 7) is 1.54. The topological polar surface area (TPSA) is 75.7 Å². The smallest absolute Gasteiger partial charge is 0.243 e. The van der Waals surface area contributed by atoms with Crippen molar-refractivity contribution < 1.29 is 17.9 Å². The molecule has 0 aromatic heterocycles. The summed E-state index contributed by atoms with van der Waals surface area (Å²) < 4.78 is 32.2. The van der Waals surface area contributed by atoms with Gasteiger partial charge in [0.2, 0.25) is 15.9 Å². The highest BCUT2D eigenvalue weighted by Crippen LogP contribution is 2.24. The molecule has 0 aliphatic carbocycles. The molecule has 3 aromatic rings. The van der Waals surface area contributed by atoms with E-state index in [0.29, 0.717) is 5.75 Å². The first-order valence-corrected chi connectivity index (χ1v) is 10.6. The van der Waals surface area contributed by atoms with Crippen LogP contribution < -0.4 is 10.1 Å². The summed E-state index contributed by atoms with van der Waals surface area (Å²) in [5.74, 6) is 0.271. The average molecular weight is 413 g/mol. The van der Waals surface area contributed by atoms with Gasteiger partial charge < -0.3 is 10.1 Å². The van der Waals surface area contributed by atoms with E-state index in [2.05, 4.69) is 5.32 Å². The summed E-state index contributed by atoms with van der Waals surface area (Å²) in [5, 5.41) is 4.62. The van der Waals surface area contributed by atoms with Crippen LogP contribution in [0.4, 0.5) is 0 Å². The van der Waals surface area contributed by atoms with Gasteiger partial charge in [-0.3, -0.25) is 4.79 Å². The molecule has 0 bridgehead atoms. The van der Waals surface area contributed by atoms with E-state index in [9.17, 15) is 13.2 Å². The molecule has 0 saturated carbocycles. The molecule has 1 amide bonds. The van der Waals surface area contributed by atoms with Gasteiger partial charge in [0.1, 0.15) is 5.75 Å². The quantitative estimate of drug-likeness (QED) is 0.646. The first kappa shape index (κ1) is 20.8. The number of nitrogens with zero attached hydrogens (tertiary/aromatic N) is 1. The van der Waals surface area contributed by atoms with Crippen LogP contribution in [0.25, 0.3) is 10.8 Å². The number of nitrogens with one attached hydrogen (secondary N) is 1. The number of hydrogen-bond acceptors (Lipinski definition) is 4. The number of para-hydroxylation sites is 1. The van der Waals surface area contributed by atoms with Crippen LogP contribution in [-0.4, -0.2) is 39.3 Å². The molecule has 7 heteroatoms. The van der Waals surface area contributed by atoms with Crippen LogP contribution >= 0.6 is 0 Å². The second-order valence-corrected chi connectivity index (χ2v) is 8.85. The van der Waals surface area contributed by atoms with Crippen LogP contribution in [0.1, 0.15) is 18.5 Å². The number of carbonyl (C=O) groups is 1. The number of methoxy groups -OCH3 is 1. The van der Waals surface area contributed by atoms with Crippen molar-refractivity contribution in [3.05, 3.63) is 72.3 Å². The van der Waals surface area contributed by atoms with Crippen molar-refractivity contribution in [2.75, 3.05) is 20.7 Å². The Morgan fingerprint density at radius 1 is 1.03 bits per heavy atom. The molecule has 0 saturated heterocycles. The highest BCUT2D eigenvalue weighted by Gasteiger charge is 2.24. The van der Waals surface area contributed by atoms with E-state index in [1.54, 1.807) is 25.3 Å². The number of sulfonamides is 1. The standard InChI is InChI=1S/C22H24N2O4S/c1-16(20-10-6-7-11-21(20)28-3)23-22(25)15-24(2)29(26,27)19-13-12-17-8-4-5-9-18(17)14-19/h4-14,16H,15H2,1-3H3,(H,23,25). The minimum atomic E-state index is -3.79. The van der Waals surface area contributed by atoms with Gasteiger partial charge in [0, 0.05) is 12.6 Å². The Bertz CT molecular complexity index is 1130. The summed E-state index contributed by atoms with van der Waals surface area (Å²) in [6.07, 6.45) is 0. The van der Waals surface area contributed by atoms with E-state index in [1.807, 2.05) is 55.5 Å². The fraction of sp³-hybridized carbons (Fsp3) is 0.227. The minimum Gasteiger partial charge on any atom is -0.496 e. The highest BCUT2D eigenvalue weighted by atomic mass is 32.2. The lowest BCUT2D eigenvalue weighted by atomic mass is 10.1. The van der Waals surface area contributed by atoms with Crippen LogP contribution in [-0.2, 0) is 14.8 Å². The Morgan fingerprint density at radius 2 is 1.69 bits per heavy atom. The molecule has 3 rings (SSSR count). The number of likely N-dealkylation sites (N-methyl/N-ethyl adjacent to an activating group) is 1. The van der Waals surface area contributed by atoms with E-state index in [-0.39, 0.29) is 17.5 Å². The maximum Gasteiger partial charge on any atom is 0.243 e. The van der Waals surface area contributed by atoms with Crippen LogP contribution in [0.2, 0.25) is 0 Å². The number of amides is 1. The molecule has 1 atom stereocenters. The molecule has 1 unspecified atom stereocenters. The van der Waals surface area contributed by atoms with E-state index < -0.39 is 15.9 Å². The van der Waals surface area contributed by atoms with Gasteiger partial charge in [-0.15, -0.1) is 0 Å². The lowest BCUT2D eigenvalue weighted by Gasteiger charge is -2.20. The predicted octanol–water partition coefficient (Wildman–Crippen LogP) is 3.35. The molecular formula is C22H24N2O4S. The summed E-state index contributed by atoms with van der Waals surface area (Å²) >= 11 is 0. The number of carbonyl (C=O) groups excluding carboxylic acids is 1. The molecule has 0 radical (unpaired) electrons. The summed E-state index contributed by atoms with van der Waals surface area (Å²) in [4.78, 5) is 12.6. The molecular weight excluding hydrogens is 388 g/mol. The lowest BCUT2D eigenvalue weighted by Crippen LogP contribution is -2.39. The van der Waals surface area contributed by atoms with E-state index in [4.69, 9.17) is 4.74 Å². The van der Waals surface area contributed by atoms with Gasteiger partial charge >= 0.3 is 0 Å². The zero-order chi connectivity index (χ0) is 21.0. The van der Waals surface area contributed by atoms with Gasteiger partial charge in [-0.05, 0) is 35.9 Å². The molecule has 3 aromatic carbocycles. The monoisotopic (exact) mass is 412 g/mol. The fourth-order valence-corrected chi connectivity index (χ4v) is 4.35. The zero-order valence-corrected chi connectivity index (χ0v) is 17.4. The largest absolute Gasteiger partial charge is 0.496 e. The summed E-state index contributed by atoms with van der Waals surface area (Å²) in [5.41, 5.74) is 0.823. The van der Waals surface area contributed by atoms with Gasteiger partial charge in [-0.25, -0.2) is 8.42 Å². The Morgan fingerprint density at radius 3 is 2.41 bits per heavy atom. The Kier molecular flexibility index (Phi) is 6.20. The first-order chi connectivity index (χ1) is 13.8. The summed E-state index contributed by atoms with van der Waals surface area (Å²) in [6, 6.07) is 19.5. The minimum absolute atomic E-state index is 0.157. The van der Waals surface area contributed by atoms with Crippen molar-refractivity contribution >= 4 is 26.7 Å². The van der Waals surface area contributed by atoms with E-state index in [1.165, 1.54) is 7.05 Å². The molecule has 152 valence electrons. The van der Waals surface area contributed by atoms with Gasteiger partial charge in [0.25, 0.3) is 0 Å².